The van der Waals surface area contributed by atoms with E-state index >= 15 is 0 Å². The van der Waals surface area contributed by atoms with E-state index in [-0.39, 0.29) is 17.8 Å². The average molecular weight is 376 g/mol. The minimum absolute atomic E-state index is 0.124. The van der Waals surface area contributed by atoms with Crippen LogP contribution in [0.25, 0.3) is 5.69 Å². The van der Waals surface area contributed by atoms with Gasteiger partial charge in [-0.2, -0.15) is 0 Å². The molecule has 0 amide bonds. The third kappa shape index (κ3) is 4.37. The van der Waals surface area contributed by atoms with Crippen molar-refractivity contribution in [2.45, 2.75) is 32.0 Å². The van der Waals surface area contributed by atoms with Crippen molar-refractivity contribution in [3.8, 4) is 5.69 Å². The highest BCUT2D eigenvalue weighted by atomic mass is 32.2. The normalized spacial score (nSPS) is 14.7. The first kappa shape index (κ1) is 18.7. The number of anilines is 1. The number of aryl methyl sites for hydroxylation is 1. The standard InChI is InChI=1S/C18H24N4O3S/c1-13(2)25-16(23)12-26-18-20-19-17(21-8-10-24-11-9-21)22(18)15-7-5-4-6-14(15)3/h4-7,13H,8-12H2,1-3H3. The number of morpholine rings is 1. The van der Waals surface area contributed by atoms with Gasteiger partial charge in [-0.05, 0) is 32.4 Å². The first-order valence-corrected chi connectivity index (χ1v) is 9.71. The summed E-state index contributed by atoms with van der Waals surface area (Å²) in [6, 6.07) is 8.09. The minimum Gasteiger partial charge on any atom is -0.462 e. The molecule has 1 aliphatic rings. The van der Waals surface area contributed by atoms with Gasteiger partial charge in [0, 0.05) is 13.1 Å². The number of esters is 1. The number of hydrogen-bond donors (Lipinski definition) is 0. The Morgan fingerprint density at radius 2 is 2.00 bits per heavy atom. The molecule has 0 bridgehead atoms. The van der Waals surface area contributed by atoms with Gasteiger partial charge < -0.3 is 14.4 Å². The molecule has 2 aromatic rings. The van der Waals surface area contributed by atoms with Crippen LogP contribution in [-0.2, 0) is 14.3 Å². The predicted octanol–water partition coefficient (Wildman–Crippen LogP) is 2.46. The zero-order valence-electron chi connectivity index (χ0n) is 15.3. The molecule has 0 spiro atoms. The summed E-state index contributed by atoms with van der Waals surface area (Å²) in [5.41, 5.74) is 2.13. The molecule has 7 nitrogen and oxygen atoms in total. The lowest BCUT2D eigenvalue weighted by molar-refractivity contribution is -0.144. The Hall–Kier alpha value is -2.06. The molecule has 0 N–H and O–H groups in total. The summed E-state index contributed by atoms with van der Waals surface area (Å²) < 4.78 is 12.7. The van der Waals surface area contributed by atoms with E-state index in [2.05, 4.69) is 28.1 Å². The molecule has 2 heterocycles. The highest BCUT2D eigenvalue weighted by Crippen LogP contribution is 2.28. The van der Waals surface area contributed by atoms with E-state index in [1.54, 1.807) is 0 Å². The van der Waals surface area contributed by atoms with Gasteiger partial charge in [0.2, 0.25) is 5.95 Å². The van der Waals surface area contributed by atoms with Crippen molar-refractivity contribution in [3.05, 3.63) is 29.8 Å². The zero-order chi connectivity index (χ0) is 18.5. The average Bonchev–Trinajstić information content (AvgIpc) is 3.04. The van der Waals surface area contributed by atoms with Crippen LogP contribution in [0, 0.1) is 6.92 Å². The second-order valence-corrected chi connectivity index (χ2v) is 7.27. The van der Waals surface area contributed by atoms with E-state index in [4.69, 9.17) is 9.47 Å². The summed E-state index contributed by atoms with van der Waals surface area (Å²) in [5.74, 6) is 0.727. The van der Waals surface area contributed by atoms with E-state index in [0.29, 0.717) is 18.4 Å². The summed E-state index contributed by atoms with van der Waals surface area (Å²) in [6.07, 6.45) is -0.124. The third-order valence-corrected chi connectivity index (χ3v) is 4.86. The number of thioether (sulfide) groups is 1. The van der Waals surface area contributed by atoms with E-state index in [9.17, 15) is 4.79 Å². The number of carbonyl (C=O) groups excluding carboxylic acids is 1. The van der Waals surface area contributed by atoms with Crippen LogP contribution >= 0.6 is 11.8 Å². The fourth-order valence-corrected chi connectivity index (χ4v) is 3.49. The maximum Gasteiger partial charge on any atom is 0.316 e. The van der Waals surface area contributed by atoms with Crippen molar-refractivity contribution in [2.24, 2.45) is 0 Å². The van der Waals surface area contributed by atoms with Crippen LogP contribution < -0.4 is 4.90 Å². The summed E-state index contributed by atoms with van der Waals surface area (Å²) >= 11 is 1.34. The van der Waals surface area contributed by atoms with Gasteiger partial charge in [0.25, 0.3) is 0 Å². The summed E-state index contributed by atoms with van der Waals surface area (Å²) in [7, 11) is 0. The molecule has 3 rings (SSSR count). The number of rotatable bonds is 6. The van der Waals surface area contributed by atoms with Crippen molar-refractivity contribution in [1.29, 1.82) is 0 Å². The molecule has 0 saturated carbocycles. The Balaban J connectivity index is 1.90. The van der Waals surface area contributed by atoms with Gasteiger partial charge in [0.1, 0.15) is 0 Å². The third-order valence-electron chi connectivity index (χ3n) is 3.95. The van der Waals surface area contributed by atoms with Crippen molar-refractivity contribution in [3.63, 3.8) is 0 Å². The summed E-state index contributed by atoms with van der Waals surface area (Å²) in [6.45, 7) is 8.62. The molecule has 0 unspecified atom stereocenters. The Kier molecular flexibility index (Phi) is 6.16. The fraction of sp³-hybridized carbons (Fsp3) is 0.500. The highest BCUT2D eigenvalue weighted by molar-refractivity contribution is 7.99. The molecule has 0 atom stereocenters. The molecule has 0 radical (unpaired) electrons. The number of aromatic nitrogens is 3. The number of nitrogens with zero attached hydrogens (tertiary/aromatic N) is 4. The maximum absolute atomic E-state index is 11.9. The smallest absolute Gasteiger partial charge is 0.316 e. The SMILES string of the molecule is Cc1ccccc1-n1c(SCC(=O)OC(C)C)nnc1N1CCOCC1. The van der Waals surface area contributed by atoms with Crippen LogP contribution in [0.4, 0.5) is 5.95 Å². The first-order valence-electron chi connectivity index (χ1n) is 8.72. The molecule has 8 heteroatoms. The van der Waals surface area contributed by atoms with E-state index < -0.39 is 0 Å². The Morgan fingerprint density at radius 3 is 2.69 bits per heavy atom. The van der Waals surface area contributed by atoms with Gasteiger partial charge in [-0.1, -0.05) is 30.0 Å². The van der Waals surface area contributed by atoms with Gasteiger partial charge in [-0.3, -0.25) is 9.36 Å². The largest absolute Gasteiger partial charge is 0.462 e. The second kappa shape index (κ2) is 8.55. The number of benzene rings is 1. The van der Waals surface area contributed by atoms with Crippen LogP contribution in [-0.4, -0.2) is 58.9 Å². The van der Waals surface area contributed by atoms with Crippen molar-refractivity contribution >= 4 is 23.7 Å². The van der Waals surface area contributed by atoms with Gasteiger partial charge in [0.15, 0.2) is 5.16 Å². The number of ether oxygens (including phenoxy) is 2. The number of para-hydroxylation sites is 1. The van der Waals surface area contributed by atoms with Crippen LogP contribution in [0.1, 0.15) is 19.4 Å². The lowest BCUT2D eigenvalue weighted by Crippen LogP contribution is -2.38. The Bertz CT molecular complexity index is 757. The van der Waals surface area contributed by atoms with Gasteiger partial charge in [-0.25, -0.2) is 0 Å². The lowest BCUT2D eigenvalue weighted by Gasteiger charge is -2.28. The number of carbonyl (C=O) groups is 1. The van der Waals surface area contributed by atoms with Crippen LogP contribution in [0.3, 0.4) is 0 Å². The van der Waals surface area contributed by atoms with E-state index in [1.165, 1.54) is 11.8 Å². The Morgan fingerprint density at radius 1 is 1.27 bits per heavy atom. The van der Waals surface area contributed by atoms with Gasteiger partial charge in [0.05, 0.1) is 30.8 Å². The van der Waals surface area contributed by atoms with Crippen LogP contribution in [0.2, 0.25) is 0 Å². The van der Waals surface area contributed by atoms with Crippen molar-refractivity contribution in [1.82, 2.24) is 14.8 Å². The lowest BCUT2D eigenvalue weighted by atomic mass is 10.2. The number of hydrogen-bond acceptors (Lipinski definition) is 7. The van der Waals surface area contributed by atoms with Crippen molar-refractivity contribution < 1.29 is 14.3 Å². The summed E-state index contributed by atoms with van der Waals surface area (Å²) in [4.78, 5) is 14.1. The maximum atomic E-state index is 11.9. The van der Waals surface area contributed by atoms with Crippen LogP contribution in [0.5, 0.6) is 0 Å². The second-order valence-electron chi connectivity index (χ2n) is 6.33. The van der Waals surface area contributed by atoms with E-state index in [0.717, 1.165) is 30.3 Å². The molecule has 0 aliphatic carbocycles. The fourth-order valence-electron chi connectivity index (χ4n) is 2.77. The molecule has 1 aromatic heterocycles. The minimum atomic E-state index is -0.253. The summed E-state index contributed by atoms with van der Waals surface area (Å²) in [5, 5.41) is 9.43. The Labute approximate surface area is 157 Å². The molecule has 1 saturated heterocycles. The molecule has 1 aromatic carbocycles. The molecule has 26 heavy (non-hydrogen) atoms. The van der Waals surface area contributed by atoms with Crippen LogP contribution in [0.15, 0.2) is 29.4 Å². The topological polar surface area (TPSA) is 69.5 Å². The van der Waals surface area contributed by atoms with Gasteiger partial charge >= 0.3 is 5.97 Å². The quantitative estimate of drug-likeness (QED) is 0.566. The highest BCUT2D eigenvalue weighted by Gasteiger charge is 2.23. The molecule has 1 aliphatic heterocycles. The predicted molar refractivity (Wildman–Crippen MR) is 101 cm³/mol. The zero-order valence-corrected chi connectivity index (χ0v) is 16.2. The monoisotopic (exact) mass is 376 g/mol. The molecular weight excluding hydrogens is 352 g/mol. The van der Waals surface area contributed by atoms with E-state index in [1.807, 2.05) is 36.6 Å². The first-order chi connectivity index (χ1) is 12.6. The molecular formula is C18H24N4O3S. The van der Waals surface area contributed by atoms with Crippen molar-refractivity contribution in [2.75, 3.05) is 37.0 Å². The molecule has 1 fully saturated rings. The van der Waals surface area contributed by atoms with Gasteiger partial charge in [-0.15, -0.1) is 10.2 Å². The molecule has 140 valence electrons.